The molecule has 0 N–H and O–H groups in total. The molecular weight excluding hydrogens is 396 g/mol. The van der Waals surface area contributed by atoms with Crippen molar-refractivity contribution in [1.29, 1.82) is 0 Å². The minimum absolute atomic E-state index is 0.0420. The summed E-state index contributed by atoms with van der Waals surface area (Å²) >= 11 is 1.71. The van der Waals surface area contributed by atoms with Gasteiger partial charge in [0.1, 0.15) is 10.6 Å². The standard InChI is InChI=1S/C24H22N2O3S/c1-23(2)19-12-15-7-5-6-8-16(15)13-20(19)25(3)24(23)10-9-17-11-18(26(27)28)14-21(29-4)22(17)30-24/h5-14H,1-4H3. The summed E-state index contributed by atoms with van der Waals surface area (Å²) in [5.41, 5.74) is 3.17. The van der Waals surface area contributed by atoms with E-state index in [1.54, 1.807) is 24.9 Å². The number of ether oxygens (including phenoxy) is 1. The predicted molar refractivity (Wildman–Crippen MR) is 123 cm³/mol. The molecule has 0 radical (unpaired) electrons. The zero-order valence-corrected chi connectivity index (χ0v) is 18.1. The van der Waals surface area contributed by atoms with Crippen LogP contribution in [0, 0.1) is 10.1 Å². The highest BCUT2D eigenvalue weighted by Gasteiger charge is 2.56. The topological polar surface area (TPSA) is 55.6 Å². The van der Waals surface area contributed by atoms with Gasteiger partial charge in [-0.2, -0.15) is 0 Å². The highest BCUT2D eigenvalue weighted by molar-refractivity contribution is 8.01. The van der Waals surface area contributed by atoms with E-state index in [4.69, 9.17) is 4.74 Å². The van der Waals surface area contributed by atoms with E-state index in [0.717, 1.165) is 10.5 Å². The summed E-state index contributed by atoms with van der Waals surface area (Å²) in [6.45, 7) is 4.54. The van der Waals surface area contributed by atoms with Gasteiger partial charge in [0.2, 0.25) is 0 Å². The molecular formula is C24H22N2O3S. The smallest absolute Gasteiger partial charge is 0.273 e. The maximum atomic E-state index is 11.3. The van der Waals surface area contributed by atoms with Gasteiger partial charge in [0, 0.05) is 24.2 Å². The van der Waals surface area contributed by atoms with E-state index in [9.17, 15) is 10.1 Å². The Hall–Kier alpha value is -2.99. The minimum atomic E-state index is -0.376. The van der Waals surface area contributed by atoms with E-state index in [1.807, 2.05) is 6.08 Å². The van der Waals surface area contributed by atoms with Gasteiger partial charge in [-0.3, -0.25) is 10.1 Å². The van der Waals surface area contributed by atoms with Crippen LogP contribution >= 0.6 is 11.8 Å². The molecule has 2 aliphatic heterocycles. The number of thioether (sulfide) groups is 1. The maximum Gasteiger partial charge on any atom is 0.273 e. The molecule has 6 heteroatoms. The van der Waals surface area contributed by atoms with Crippen molar-refractivity contribution in [3.8, 4) is 5.75 Å². The number of likely N-dealkylation sites (N-methyl/N-ethyl adjacent to an activating group) is 1. The van der Waals surface area contributed by atoms with E-state index in [-0.39, 0.29) is 20.9 Å². The van der Waals surface area contributed by atoms with E-state index in [2.05, 4.69) is 68.3 Å². The van der Waals surface area contributed by atoms with Gasteiger partial charge in [0.15, 0.2) is 0 Å². The fourth-order valence-electron chi connectivity index (χ4n) is 4.80. The molecule has 3 aromatic rings. The van der Waals surface area contributed by atoms with Crippen molar-refractivity contribution in [2.75, 3.05) is 19.1 Å². The molecule has 0 bridgehead atoms. The average molecular weight is 419 g/mol. The molecule has 3 aromatic carbocycles. The fourth-order valence-corrected chi connectivity index (χ4v) is 6.34. The Morgan fingerprint density at radius 1 is 1.10 bits per heavy atom. The summed E-state index contributed by atoms with van der Waals surface area (Å²) < 4.78 is 5.57. The lowest BCUT2D eigenvalue weighted by atomic mass is 9.78. The van der Waals surface area contributed by atoms with Gasteiger partial charge in [-0.05, 0) is 40.1 Å². The molecule has 1 unspecified atom stereocenters. The number of methoxy groups -OCH3 is 1. The third-order valence-corrected chi connectivity index (χ3v) is 8.41. The first-order valence-corrected chi connectivity index (χ1v) is 10.6. The first kappa shape index (κ1) is 19.0. The second-order valence-electron chi connectivity index (χ2n) is 8.36. The molecule has 1 atom stereocenters. The highest BCUT2D eigenvalue weighted by Crippen LogP contribution is 2.62. The largest absolute Gasteiger partial charge is 0.495 e. The van der Waals surface area contributed by atoms with E-state index in [0.29, 0.717) is 5.75 Å². The maximum absolute atomic E-state index is 11.3. The first-order valence-electron chi connectivity index (χ1n) is 9.80. The van der Waals surface area contributed by atoms with Gasteiger partial charge in [0.25, 0.3) is 5.69 Å². The number of nitrogens with zero attached hydrogens (tertiary/aromatic N) is 2. The highest BCUT2D eigenvalue weighted by atomic mass is 32.2. The van der Waals surface area contributed by atoms with Gasteiger partial charge in [-0.25, -0.2) is 0 Å². The van der Waals surface area contributed by atoms with Crippen LogP contribution in [0.1, 0.15) is 25.0 Å². The molecule has 0 saturated carbocycles. The van der Waals surface area contributed by atoms with Crippen molar-refractivity contribution in [1.82, 2.24) is 0 Å². The van der Waals surface area contributed by atoms with Crippen LogP contribution in [0.4, 0.5) is 11.4 Å². The van der Waals surface area contributed by atoms with Crippen molar-refractivity contribution in [3.05, 3.63) is 75.8 Å². The number of non-ortho nitro benzene ring substituents is 1. The number of rotatable bonds is 2. The van der Waals surface area contributed by atoms with Crippen LogP contribution < -0.4 is 9.64 Å². The lowest BCUT2D eigenvalue weighted by Crippen LogP contribution is -2.50. The predicted octanol–water partition coefficient (Wildman–Crippen LogP) is 6.00. The Morgan fingerprint density at radius 3 is 2.47 bits per heavy atom. The molecule has 1 spiro atoms. The Bertz CT molecular complexity index is 1250. The van der Waals surface area contributed by atoms with Crippen molar-refractivity contribution in [3.63, 3.8) is 0 Å². The molecule has 152 valence electrons. The number of hydrogen-bond donors (Lipinski definition) is 0. The summed E-state index contributed by atoms with van der Waals surface area (Å²) in [5, 5.41) is 13.8. The van der Waals surface area contributed by atoms with Crippen LogP contribution in [0.5, 0.6) is 5.75 Å². The summed E-state index contributed by atoms with van der Waals surface area (Å²) in [6, 6.07) is 16.1. The first-order chi connectivity index (χ1) is 14.3. The second-order valence-corrected chi connectivity index (χ2v) is 9.59. The molecule has 0 fully saturated rings. The zero-order chi connectivity index (χ0) is 21.3. The van der Waals surface area contributed by atoms with Crippen LogP contribution in [-0.2, 0) is 5.41 Å². The van der Waals surface area contributed by atoms with Crippen molar-refractivity contribution in [2.24, 2.45) is 0 Å². The Morgan fingerprint density at radius 2 is 1.80 bits per heavy atom. The van der Waals surface area contributed by atoms with Gasteiger partial charge < -0.3 is 9.64 Å². The quantitative estimate of drug-likeness (QED) is 0.377. The number of anilines is 1. The molecule has 0 aliphatic carbocycles. The van der Waals surface area contributed by atoms with Crippen LogP contribution in [0.2, 0.25) is 0 Å². The Balaban J connectivity index is 1.70. The summed E-state index contributed by atoms with van der Waals surface area (Å²) in [5.74, 6) is 0.540. The molecule has 0 saturated heterocycles. The SMILES string of the molecule is COc1cc([N+](=O)[O-])cc2c1SC1(C=C2)N(C)c2cc3ccccc3cc2C1(C)C. The van der Waals surface area contributed by atoms with Gasteiger partial charge >= 0.3 is 0 Å². The molecule has 0 amide bonds. The Labute approximate surface area is 179 Å². The minimum Gasteiger partial charge on any atom is -0.495 e. The number of nitro benzene ring substituents is 1. The molecule has 5 rings (SSSR count). The van der Waals surface area contributed by atoms with Gasteiger partial charge in [0.05, 0.1) is 23.0 Å². The number of fused-ring (bicyclic) bond motifs is 3. The number of benzene rings is 3. The molecule has 5 nitrogen and oxygen atoms in total. The monoisotopic (exact) mass is 418 g/mol. The number of hydrogen-bond acceptors (Lipinski definition) is 5. The van der Waals surface area contributed by atoms with Crippen molar-refractivity contribution in [2.45, 2.75) is 29.0 Å². The van der Waals surface area contributed by atoms with E-state index < -0.39 is 0 Å². The van der Waals surface area contributed by atoms with Crippen LogP contribution in [0.3, 0.4) is 0 Å². The second kappa shape index (κ2) is 6.25. The lowest BCUT2D eigenvalue weighted by molar-refractivity contribution is -0.385. The normalized spacial score (nSPS) is 21.0. The van der Waals surface area contributed by atoms with Crippen LogP contribution in [0.15, 0.2) is 59.5 Å². The zero-order valence-electron chi connectivity index (χ0n) is 17.3. The van der Waals surface area contributed by atoms with Crippen LogP contribution in [-0.4, -0.2) is 24.0 Å². The van der Waals surface area contributed by atoms with E-state index in [1.165, 1.54) is 28.1 Å². The van der Waals surface area contributed by atoms with Gasteiger partial charge in [-0.15, -0.1) is 0 Å². The third kappa shape index (κ3) is 2.37. The summed E-state index contributed by atoms with van der Waals surface area (Å²) in [6.07, 6.45) is 4.19. The van der Waals surface area contributed by atoms with Crippen LogP contribution in [0.25, 0.3) is 16.8 Å². The lowest BCUT2D eigenvalue weighted by Gasteiger charge is -2.45. The summed E-state index contributed by atoms with van der Waals surface area (Å²) in [4.78, 5) is 13.9. The Kier molecular flexibility index (Phi) is 3.96. The average Bonchev–Trinajstić information content (AvgIpc) is 2.89. The molecule has 0 aromatic heterocycles. The third-order valence-electron chi connectivity index (χ3n) is 6.54. The molecule has 2 aliphatic rings. The van der Waals surface area contributed by atoms with E-state index >= 15 is 0 Å². The summed E-state index contributed by atoms with van der Waals surface area (Å²) in [7, 11) is 3.69. The number of nitro groups is 1. The molecule has 2 heterocycles. The van der Waals surface area contributed by atoms with Crippen molar-refractivity contribution >= 4 is 40.0 Å². The molecule has 30 heavy (non-hydrogen) atoms. The fraction of sp³-hybridized carbons (Fsp3) is 0.250. The van der Waals surface area contributed by atoms with Crippen molar-refractivity contribution < 1.29 is 9.66 Å². The van der Waals surface area contributed by atoms with Gasteiger partial charge in [-0.1, -0.05) is 56.0 Å².